The van der Waals surface area contributed by atoms with Crippen LogP contribution < -0.4 is 5.32 Å². The molecule has 0 bridgehead atoms. The summed E-state index contributed by atoms with van der Waals surface area (Å²) in [5, 5.41) is 3.27. The monoisotopic (exact) mass is 276 g/mol. The minimum absolute atomic E-state index is 0.0215. The largest absolute Gasteiger partial charge is 0.342 e. The van der Waals surface area contributed by atoms with Gasteiger partial charge in [-0.05, 0) is 26.3 Å². The Morgan fingerprint density at radius 3 is 2.67 bits per heavy atom. The van der Waals surface area contributed by atoms with E-state index < -0.39 is 9.84 Å². The molecule has 0 radical (unpaired) electrons. The molecule has 0 aromatic carbocycles. The molecular formula is C12H24N2O3S. The number of hydrogen-bond acceptors (Lipinski definition) is 4. The van der Waals surface area contributed by atoms with Gasteiger partial charge in [0.15, 0.2) is 9.84 Å². The van der Waals surface area contributed by atoms with Crippen LogP contribution in [-0.4, -0.2) is 56.4 Å². The Bertz CT molecular complexity index is 375. The molecule has 1 aliphatic rings. The van der Waals surface area contributed by atoms with Gasteiger partial charge < -0.3 is 10.2 Å². The van der Waals surface area contributed by atoms with Gasteiger partial charge in [0.25, 0.3) is 0 Å². The van der Waals surface area contributed by atoms with Gasteiger partial charge in [0.2, 0.25) is 5.91 Å². The van der Waals surface area contributed by atoms with Crippen LogP contribution >= 0.6 is 0 Å². The number of rotatable bonds is 6. The van der Waals surface area contributed by atoms with Gasteiger partial charge in [-0.2, -0.15) is 0 Å². The highest BCUT2D eigenvalue weighted by Crippen LogP contribution is 2.11. The smallest absolute Gasteiger partial charge is 0.224 e. The summed E-state index contributed by atoms with van der Waals surface area (Å²) in [5.41, 5.74) is 0. The van der Waals surface area contributed by atoms with E-state index in [0.717, 1.165) is 19.4 Å². The lowest BCUT2D eigenvalue weighted by Gasteiger charge is -2.26. The maximum atomic E-state index is 12.0. The minimum atomic E-state index is -3.03. The maximum Gasteiger partial charge on any atom is 0.224 e. The predicted octanol–water partition coefficient (Wildman–Crippen LogP) is 0.410. The molecule has 1 heterocycles. The molecule has 6 heteroatoms. The van der Waals surface area contributed by atoms with Gasteiger partial charge in [-0.1, -0.05) is 6.92 Å². The standard InChI is InChI=1S/C12H24N2O3S/c1-4-18(16,17)9-10(2)14(3)12(15)8-11-6-5-7-13-11/h10-11,13H,4-9H2,1-3H3. The quantitative estimate of drug-likeness (QED) is 0.763. The van der Waals surface area contributed by atoms with Gasteiger partial charge in [-0.3, -0.25) is 4.79 Å². The Hall–Kier alpha value is -0.620. The first-order chi connectivity index (χ1) is 8.35. The Kier molecular flexibility index (Phi) is 5.59. The van der Waals surface area contributed by atoms with Crippen LogP contribution in [0.4, 0.5) is 0 Å². The molecule has 0 saturated carbocycles. The second-order valence-corrected chi connectivity index (χ2v) is 7.45. The first-order valence-corrected chi connectivity index (χ1v) is 8.37. The van der Waals surface area contributed by atoms with Crippen LogP contribution in [0.1, 0.15) is 33.1 Å². The van der Waals surface area contributed by atoms with Crippen molar-refractivity contribution in [3.8, 4) is 0 Å². The summed E-state index contributed by atoms with van der Waals surface area (Å²) in [6.07, 6.45) is 2.61. The highest BCUT2D eigenvalue weighted by Gasteiger charge is 2.24. The Balaban J connectivity index is 2.46. The summed E-state index contributed by atoms with van der Waals surface area (Å²) in [4.78, 5) is 13.6. The fraction of sp³-hybridized carbons (Fsp3) is 0.917. The van der Waals surface area contributed by atoms with E-state index in [2.05, 4.69) is 5.32 Å². The van der Waals surface area contributed by atoms with Crippen LogP contribution in [0, 0.1) is 0 Å². The van der Waals surface area contributed by atoms with Crippen LogP contribution in [0.5, 0.6) is 0 Å². The van der Waals surface area contributed by atoms with Crippen molar-refractivity contribution < 1.29 is 13.2 Å². The van der Waals surface area contributed by atoms with Gasteiger partial charge in [-0.15, -0.1) is 0 Å². The maximum absolute atomic E-state index is 12.0. The summed E-state index contributed by atoms with van der Waals surface area (Å²) in [7, 11) is -1.35. The molecule has 0 aromatic rings. The van der Waals surface area contributed by atoms with Crippen molar-refractivity contribution in [1.29, 1.82) is 0 Å². The molecule has 1 aliphatic heterocycles. The second kappa shape index (κ2) is 6.52. The van der Waals surface area contributed by atoms with Crippen LogP contribution in [0.25, 0.3) is 0 Å². The minimum Gasteiger partial charge on any atom is -0.342 e. The third-order valence-electron chi connectivity index (χ3n) is 3.57. The van der Waals surface area contributed by atoms with Crippen LogP contribution in [-0.2, 0) is 14.6 Å². The average molecular weight is 276 g/mol. The second-order valence-electron chi connectivity index (χ2n) is 5.05. The number of carbonyl (C=O) groups excluding carboxylic acids is 1. The van der Waals surface area contributed by atoms with E-state index >= 15 is 0 Å². The zero-order valence-corrected chi connectivity index (χ0v) is 12.3. The lowest BCUT2D eigenvalue weighted by molar-refractivity contribution is -0.131. The highest BCUT2D eigenvalue weighted by molar-refractivity contribution is 7.91. The molecule has 1 fully saturated rings. The summed E-state index contributed by atoms with van der Waals surface area (Å²) >= 11 is 0. The van der Waals surface area contributed by atoms with Crippen LogP contribution in [0.3, 0.4) is 0 Å². The van der Waals surface area contributed by atoms with Crippen LogP contribution in [0.2, 0.25) is 0 Å². The highest BCUT2D eigenvalue weighted by atomic mass is 32.2. The molecule has 1 amide bonds. The number of hydrogen-bond donors (Lipinski definition) is 1. The first-order valence-electron chi connectivity index (χ1n) is 6.55. The SMILES string of the molecule is CCS(=O)(=O)CC(C)N(C)C(=O)CC1CCCN1. The van der Waals surface area contributed by atoms with Gasteiger partial charge in [0.05, 0.1) is 5.75 Å². The molecule has 2 atom stereocenters. The Morgan fingerprint density at radius 2 is 2.17 bits per heavy atom. The van der Waals surface area contributed by atoms with Gasteiger partial charge in [0, 0.05) is 31.3 Å². The first kappa shape index (κ1) is 15.4. The summed E-state index contributed by atoms with van der Waals surface area (Å²) < 4.78 is 23.1. The van der Waals surface area contributed by atoms with Crippen molar-refractivity contribution in [3.63, 3.8) is 0 Å². The van der Waals surface area contributed by atoms with E-state index in [1.165, 1.54) is 0 Å². The molecule has 2 unspecified atom stereocenters. The third kappa shape index (κ3) is 4.57. The van der Waals surface area contributed by atoms with Crippen molar-refractivity contribution in [2.75, 3.05) is 25.1 Å². The number of nitrogens with zero attached hydrogens (tertiary/aromatic N) is 1. The van der Waals surface area contributed by atoms with Crippen molar-refractivity contribution in [2.24, 2.45) is 0 Å². The molecule has 0 spiro atoms. The molecule has 1 rings (SSSR count). The predicted molar refractivity (Wildman–Crippen MR) is 72.2 cm³/mol. The molecule has 1 N–H and O–H groups in total. The number of sulfone groups is 1. The number of amides is 1. The molecule has 5 nitrogen and oxygen atoms in total. The van der Waals surface area contributed by atoms with Gasteiger partial charge >= 0.3 is 0 Å². The van der Waals surface area contributed by atoms with Crippen molar-refractivity contribution in [1.82, 2.24) is 10.2 Å². The zero-order valence-electron chi connectivity index (χ0n) is 11.5. The van der Waals surface area contributed by atoms with E-state index in [4.69, 9.17) is 0 Å². The topological polar surface area (TPSA) is 66.5 Å². The Labute approximate surface area is 110 Å². The molecule has 106 valence electrons. The molecular weight excluding hydrogens is 252 g/mol. The van der Waals surface area contributed by atoms with Crippen molar-refractivity contribution in [3.05, 3.63) is 0 Å². The number of nitrogens with one attached hydrogen (secondary N) is 1. The van der Waals surface area contributed by atoms with Gasteiger partial charge in [0.1, 0.15) is 0 Å². The Morgan fingerprint density at radius 1 is 1.50 bits per heavy atom. The van der Waals surface area contributed by atoms with E-state index in [1.807, 2.05) is 0 Å². The van der Waals surface area contributed by atoms with Crippen molar-refractivity contribution in [2.45, 2.75) is 45.2 Å². The van der Waals surface area contributed by atoms with E-state index in [9.17, 15) is 13.2 Å². The summed E-state index contributed by atoms with van der Waals surface area (Å²) in [5.74, 6) is 0.195. The third-order valence-corrected chi connectivity index (χ3v) is 5.44. The molecule has 1 saturated heterocycles. The van der Waals surface area contributed by atoms with E-state index in [1.54, 1.807) is 25.8 Å². The van der Waals surface area contributed by atoms with Crippen LogP contribution in [0.15, 0.2) is 0 Å². The van der Waals surface area contributed by atoms with E-state index in [-0.39, 0.29) is 29.5 Å². The zero-order chi connectivity index (χ0) is 13.8. The normalized spacial score (nSPS) is 21.8. The lowest BCUT2D eigenvalue weighted by atomic mass is 10.1. The molecule has 0 aliphatic carbocycles. The molecule has 0 aromatic heterocycles. The number of carbonyl (C=O) groups is 1. The molecule has 18 heavy (non-hydrogen) atoms. The summed E-state index contributed by atoms with van der Waals surface area (Å²) in [6.45, 7) is 4.39. The van der Waals surface area contributed by atoms with Crippen molar-refractivity contribution >= 4 is 15.7 Å². The summed E-state index contributed by atoms with van der Waals surface area (Å²) in [6, 6.07) is -0.00112. The van der Waals surface area contributed by atoms with Gasteiger partial charge in [-0.25, -0.2) is 8.42 Å². The lowest BCUT2D eigenvalue weighted by Crippen LogP contribution is -2.42. The fourth-order valence-electron chi connectivity index (χ4n) is 2.13. The fourth-order valence-corrected chi connectivity index (χ4v) is 3.32. The average Bonchev–Trinajstić information content (AvgIpc) is 2.80. The van der Waals surface area contributed by atoms with E-state index in [0.29, 0.717) is 6.42 Å².